The van der Waals surface area contributed by atoms with E-state index in [1.165, 1.54) is 19.1 Å². The van der Waals surface area contributed by atoms with Crippen LogP contribution in [-0.4, -0.2) is 143 Å². The van der Waals surface area contributed by atoms with Crippen LogP contribution in [0, 0.1) is 17.8 Å². The highest BCUT2D eigenvalue weighted by Crippen LogP contribution is 2.44. The van der Waals surface area contributed by atoms with Crippen LogP contribution in [-0.2, 0) is 57.0 Å². The van der Waals surface area contributed by atoms with E-state index in [1.54, 1.807) is 55.5 Å². The van der Waals surface area contributed by atoms with Crippen LogP contribution in [0.25, 0.3) is 0 Å². The highest BCUT2D eigenvalue weighted by atomic mass is 127. The van der Waals surface area contributed by atoms with E-state index >= 15 is 0 Å². The number of methoxy groups -OCH3 is 2. The van der Waals surface area contributed by atoms with Gasteiger partial charge in [-0.1, -0.05) is 43.4 Å². The maximum Gasteiger partial charge on any atom is 0.509 e. The van der Waals surface area contributed by atoms with Gasteiger partial charge in [0.15, 0.2) is 30.4 Å². The summed E-state index contributed by atoms with van der Waals surface area (Å²) in [7, 11) is 4.69. The Morgan fingerprint density at radius 2 is 1.55 bits per heavy atom. The predicted molar refractivity (Wildman–Crippen MR) is 201 cm³/mol. The molecule has 0 aromatic rings. The lowest BCUT2D eigenvalue weighted by atomic mass is 9.76. The second kappa shape index (κ2) is 16.8. The number of likely N-dealkylation sites (N-methyl/N-ethyl adjacent to an activating group) is 1. The SMILES string of the molecule is CC[C@H]1OC(=O)[C@H](C)[C@@H](O[C@H]2C[C@@](C)(OC)[C@@H](O)[C@H](C)O2)[C@H](I)[C@@H](O[C@@H]2O[C@H](C)C[C@H]3[C@H]2OC(=O)N3C)[C@](C)(OC)C[C@@H](C)C(=O)[C@H](C)[C@H]2OC(=O)O[C@@]21C. The maximum atomic E-state index is 14.4. The first-order valence-corrected chi connectivity index (χ1v) is 20.5. The van der Waals surface area contributed by atoms with Gasteiger partial charge in [0.1, 0.15) is 24.1 Å². The lowest BCUT2D eigenvalue weighted by molar-refractivity contribution is -0.302. The topological polar surface area (TPSA) is 184 Å². The molecular formula is C38H60INO15. The standard InChI is InChI=1S/C38H60INO15/c1-13-23-38(9)30(54-35(45)55-38)19(4)26(41)17(2)15-37(8,47-12)31(53-33-28-22(14-18(3)48-33)40(10)34(44)52-28)25(39)27(20(5)32(43)50-23)51-24-16-36(7,46-11)29(42)21(6)49-24/h17-25,27-31,33,42H,13-16H2,1-12H3/t17-,18-,19+,20-,21+,22+,23-,24+,25+,27-,28-,29+,30-,31-,33+,36-,37-,38-/m1/s1. The Morgan fingerprint density at radius 1 is 0.891 bits per heavy atom. The summed E-state index contributed by atoms with van der Waals surface area (Å²) in [6.45, 7) is 15.7. The summed E-state index contributed by atoms with van der Waals surface area (Å²) >= 11 is 2.18. The molecule has 5 rings (SSSR count). The second-order valence-corrected chi connectivity index (χ2v) is 18.1. The van der Waals surface area contributed by atoms with Gasteiger partial charge in [0.25, 0.3) is 0 Å². The molecule has 314 valence electrons. The van der Waals surface area contributed by atoms with Crippen molar-refractivity contribution in [2.24, 2.45) is 17.8 Å². The van der Waals surface area contributed by atoms with Gasteiger partial charge in [-0.2, -0.15) is 0 Å². The molecule has 0 saturated carbocycles. The van der Waals surface area contributed by atoms with E-state index in [9.17, 15) is 24.3 Å². The monoisotopic (exact) mass is 897 g/mol. The zero-order valence-electron chi connectivity index (χ0n) is 34.0. The summed E-state index contributed by atoms with van der Waals surface area (Å²) in [5, 5.41) is 11.0. The fourth-order valence-corrected chi connectivity index (χ4v) is 10.7. The van der Waals surface area contributed by atoms with Crippen molar-refractivity contribution >= 4 is 46.6 Å². The maximum absolute atomic E-state index is 14.4. The van der Waals surface area contributed by atoms with Crippen molar-refractivity contribution < 1.29 is 71.7 Å². The van der Waals surface area contributed by atoms with Crippen molar-refractivity contribution in [3.05, 3.63) is 0 Å². The fourth-order valence-electron chi connectivity index (χ4n) is 9.02. The number of halogens is 1. The molecule has 0 unspecified atom stereocenters. The van der Waals surface area contributed by atoms with Gasteiger partial charge in [-0.15, -0.1) is 0 Å². The zero-order chi connectivity index (χ0) is 40.9. The summed E-state index contributed by atoms with van der Waals surface area (Å²) in [5.74, 6) is -3.41. The molecule has 0 spiro atoms. The summed E-state index contributed by atoms with van der Waals surface area (Å²) in [6, 6.07) is -0.324. The lowest BCUT2D eigenvalue weighted by Crippen LogP contribution is -2.61. The third-order valence-electron chi connectivity index (χ3n) is 12.7. The number of Topliss-reactive ketones (excluding diaryl/α,β-unsaturated/α-hetero) is 1. The molecule has 16 nitrogen and oxygen atoms in total. The van der Waals surface area contributed by atoms with Gasteiger partial charge in [0.05, 0.1) is 51.3 Å². The van der Waals surface area contributed by atoms with Gasteiger partial charge in [-0.25, -0.2) is 9.59 Å². The summed E-state index contributed by atoms with van der Waals surface area (Å²) < 4.78 is 60.9. The average Bonchev–Trinajstić information content (AvgIpc) is 3.61. The number of nitrogens with zero attached hydrogens (tertiary/aromatic N) is 1. The molecule has 5 fully saturated rings. The first-order chi connectivity index (χ1) is 25.6. The van der Waals surface area contributed by atoms with Gasteiger partial charge in [0, 0.05) is 33.6 Å². The third-order valence-corrected chi connectivity index (χ3v) is 14.0. The Labute approximate surface area is 337 Å². The number of ether oxygens (including phenoxy) is 10. The normalized spacial score (nSPS) is 48.5. The molecule has 55 heavy (non-hydrogen) atoms. The van der Waals surface area contributed by atoms with E-state index < -0.39 is 112 Å². The van der Waals surface area contributed by atoms with Crippen LogP contribution in [0.1, 0.15) is 88.0 Å². The largest absolute Gasteiger partial charge is 0.509 e. The molecule has 1 amide bonds. The van der Waals surface area contributed by atoms with Crippen LogP contribution in [0.5, 0.6) is 0 Å². The third kappa shape index (κ3) is 8.37. The van der Waals surface area contributed by atoms with Crippen molar-refractivity contribution in [1.29, 1.82) is 0 Å². The van der Waals surface area contributed by atoms with Gasteiger partial charge in [-0.05, 0) is 60.8 Å². The highest BCUT2D eigenvalue weighted by molar-refractivity contribution is 14.1. The van der Waals surface area contributed by atoms with Crippen molar-refractivity contribution in [3.8, 4) is 0 Å². The number of aliphatic hydroxyl groups excluding tert-OH is 1. The summed E-state index contributed by atoms with van der Waals surface area (Å²) in [4.78, 5) is 55.8. The van der Waals surface area contributed by atoms with Crippen LogP contribution < -0.4 is 0 Å². The average molecular weight is 898 g/mol. The van der Waals surface area contributed by atoms with E-state index in [-0.39, 0.29) is 37.2 Å². The number of ketones is 1. The number of cyclic esters (lactones) is 1. The smallest absolute Gasteiger partial charge is 0.458 e. The molecule has 5 heterocycles. The lowest BCUT2D eigenvalue weighted by Gasteiger charge is -2.48. The molecule has 17 heteroatoms. The van der Waals surface area contributed by atoms with E-state index in [4.69, 9.17) is 47.4 Å². The molecule has 1 N–H and O–H groups in total. The Morgan fingerprint density at radius 3 is 2.16 bits per heavy atom. The van der Waals surface area contributed by atoms with Crippen molar-refractivity contribution in [2.45, 2.75) is 176 Å². The molecule has 0 aromatic carbocycles. The number of fused-ring (bicyclic) bond motifs is 2. The number of rotatable bonds is 7. The fraction of sp³-hybridized carbons (Fsp3) is 0.895. The Hall–Kier alpha value is -1.87. The van der Waals surface area contributed by atoms with Crippen LogP contribution in [0.3, 0.4) is 0 Å². The molecule has 0 aliphatic carbocycles. The number of aliphatic hydroxyl groups is 1. The van der Waals surface area contributed by atoms with Gasteiger partial charge >= 0.3 is 18.2 Å². The summed E-state index contributed by atoms with van der Waals surface area (Å²) in [6.07, 6.45) is -9.25. The number of hydrogen-bond acceptors (Lipinski definition) is 15. The zero-order valence-corrected chi connectivity index (χ0v) is 36.1. The summed E-state index contributed by atoms with van der Waals surface area (Å²) in [5.41, 5.74) is -3.78. The minimum atomic E-state index is -1.48. The number of hydrogen-bond donors (Lipinski definition) is 1. The van der Waals surface area contributed by atoms with Gasteiger partial charge in [-0.3, -0.25) is 9.59 Å². The first kappa shape index (κ1) is 44.2. The van der Waals surface area contributed by atoms with Crippen molar-refractivity contribution in [1.82, 2.24) is 4.90 Å². The quantitative estimate of drug-likeness (QED) is 0.165. The minimum Gasteiger partial charge on any atom is -0.458 e. The van der Waals surface area contributed by atoms with E-state index in [0.29, 0.717) is 6.42 Å². The van der Waals surface area contributed by atoms with Gasteiger partial charge in [0.2, 0.25) is 0 Å². The molecule has 5 aliphatic heterocycles. The molecule has 0 aromatic heterocycles. The number of amides is 1. The number of alkyl halides is 1. The predicted octanol–water partition coefficient (Wildman–Crippen LogP) is 4.32. The van der Waals surface area contributed by atoms with Crippen LogP contribution in [0.4, 0.5) is 9.59 Å². The Balaban J connectivity index is 1.62. The van der Waals surface area contributed by atoms with E-state index in [0.717, 1.165) is 0 Å². The Kier molecular flexibility index (Phi) is 13.5. The number of carbonyl (C=O) groups excluding carboxylic acids is 4. The Bertz CT molecular complexity index is 1440. The molecule has 0 bridgehead atoms. The van der Waals surface area contributed by atoms with Crippen molar-refractivity contribution in [2.75, 3.05) is 21.3 Å². The molecule has 0 radical (unpaired) electrons. The van der Waals surface area contributed by atoms with E-state index in [1.807, 2.05) is 13.8 Å². The first-order valence-electron chi connectivity index (χ1n) is 19.3. The molecule has 5 saturated heterocycles. The molecular weight excluding hydrogens is 837 g/mol. The number of carbonyl (C=O) groups is 4. The molecule has 18 atom stereocenters. The van der Waals surface area contributed by atoms with Crippen LogP contribution in [0.15, 0.2) is 0 Å². The highest BCUT2D eigenvalue weighted by Gasteiger charge is 2.60. The van der Waals surface area contributed by atoms with Crippen LogP contribution in [0.2, 0.25) is 0 Å². The second-order valence-electron chi connectivity index (χ2n) is 16.6. The van der Waals surface area contributed by atoms with E-state index in [2.05, 4.69) is 22.6 Å². The van der Waals surface area contributed by atoms with Gasteiger partial charge < -0.3 is 57.4 Å². The number of esters is 1. The molecule has 5 aliphatic rings. The van der Waals surface area contributed by atoms with Crippen molar-refractivity contribution in [3.63, 3.8) is 0 Å². The minimum absolute atomic E-state index is 0.118. The van der Waals surface area contributed by atoms with Crippen LogP contribution >= 0.6 is 22.6 Å².